The third-order valence-corrected chi connectivity index (χ3v) is 3.37. The molecular formula is C13H16FN5. The van der Waals surface area contributed by atoms with Crippen LogP contribution in [0.5, 0.6) is 0 Å². The Morgan fingerprint density at radius 2 is 2.05 bits per heavy atom. The molecule has 1 aromatic heterocycles. The predicted octanol–water partition coefficient (Wildman–Crippen LogP) is 1.27. The lowest BCUT2D eigenvalue weighted by Gasteiger charge is -2.34. The number of hydrogen-bond donors (Lipinski definition) is 1. The summed E-state index contributed by atoms with van der Waals surface area (Å²) in [7, 11) is 0. The zero-order chi connectivity index (χ0) is 13.1. The number of hydrogen-bond acceptors (Lipinski definition) is 4. The molecule has 0 amide bonds. The smallest absolute Gasteiger partial charge is 0.221 e. The van der Waals surface area contributed by atoms with E-state index in [0.717, 1.165) is 44.2 Å². The number of nitrogens with one attached hydrogen (secondary N) is 1. The Bertz CT molecular complexity index is 520. The Morgan fingerprint density at radius 1 is 1.21 bits per heavy atom. The summed E-state index contributed by atoms with van der Waals surface area (Å²) in [5.41, 5.74) is 1.02. The van der Waals surface area contributed by atoms with E-state index in [1.807, 2.05) is 6.07 Å². The molecule has 0 unspecified atom stereocenters. The van der Waals surface area contributed by atoms with E-state index in [4.69, 9.17) is 0 Å². The van der Waals surface area contributed by atoms with Crippen molar-refractivity contribution in [3.05, 3.63) is 42.0 Å². The largest absolute Gasteiger partial charge is 0.339 e. The maximum atomic E-state index is 13.1. The normalized spacial score (nSPS) is 16.8. The number of anilines is 1. The van der Waals surface area contributed by atoms with Crippen molar-refractivity contribution < 1.29 is 4.39 Å². The van der Waals surface area contributed by atoms with Gasteiger partial charge in [0.1, 0.15) is 12.1 Å². The highest BCUT2D eigenvalue weighted by Crippen LogP contribution is 2.12. The fourth-order valence-electron chi connectivity index (χ4n) is 2.36. The van der Waals surface area contributed by atoms with Crippen molar-refractivity contribution in [3.63, 3.8) is 0 Å². The lowest BCUT2D eigenvalue weighted by molar-refractivity contribution is 0.248. The second-order valence-electron chi connectivity index (χ2n) is 4.70. The van der Waals surface area contributed by atoms with Crippen molar-refractivity contribution in [2.24, 2.45) is 0 Å². The molecule has 1 N–H and O–H groups in total. The maximum absolute atomic E-state index is 13.1. The minimum absolute atomic E-state index is 0.169. The van der Waals surface area contributed by atoms with Gasteiger partial charge in [-0.25, -0.2) is 9.49 Å². The van der Waals surface area contributed by atoms with Crippen LogP contribution in [0.3, 0.4) is 0 Å². The van der Waals surface area contributed by atoms with E-state index >= 15 is 0 Å². The molecule has 1 aromatic carbocycles. The van der Waals surface area contributed by atoms with Gasteiger partial charge in [0.15, 0.2) is 0 Å². The van der Waals surface area contributed by atoms with Crippen LogP contribution in [0.1, 0.15) is 5.56 Å². The molecule has 2 heterocycles. The highest BCUT2D eigenvalue weighted by molar-refractivity contribution is 5.28. The van der Waals surface area contributed by atoms with Crippen LogP contribution in [0.2, 0.25) is 0 Å². The summed E-state index contributed by atoms with van der Waals surface area (Å²) in [6.07, 6.45) is 1.52. The van der Waals surface area contributed by atoms with E-state index in [9.17, 15) is 4.39 Å². The summed E-state index contributed by atoms with van der Waals surface area (Å²) in [6.45, 7) is 4.49. The van der Waals surface area contributed by atoms with Gasteiger partial charge in [0.25, 0.3) is 0 Å². The number of nitrogens with zero attached hydrogens (tertiary/aromatic N) is 4. The third kappa shape index (κ3) is 2.90. The molecule has 0 saturated carbocycles. The number of benzene rings is 1. The molecule has 0 atom stereocenters. The van der Waals surface area contributed by atoms with E-state index in [-0.39, 0.29) is 5.82 Å². The average Bonchev–Trinajstić information content (AvgIpc) is 2.94. The van der Waals surface area contributed by atoms with Crippen molar-refractivity contribution in [1.82, 2.24) is 20.1 Å². The lowest BCUT2D eigenvalue weighted by Crippen LogP contribution is -2.46. The Hall–Kier alpha value is -1.95. The van der Waals surface area contributed by atoms with Crippen molar-refractivity contribution in [2.45, 2.75) is 6.54 Å². The van der Waals surface area contributed by atoms with Gasteiger partial charge in [-0.05, 0) is 17.7 Å². The van der Waals surface area contributed by atoms with E-state index in [2.05, 4.69) is 25.0 Å². The van der Waals surface area contributed by atoms with Gasteiger partial charge < -0.3 is 4.90 Å². The molecule has 5 nitrogen and oxygen atoms in total. The van der Waals surface area contributed by atoms with Gasteiger partial charge in [-0.1, -0.05) is 12.1 Å². The van der Waals surface area contributed by atoms with Crippen LogP contribution in [0, 0.1) is 5.82 Å². The monoisotopic (exact) mass is 261 g/mol. The SMILES string of the molecule is Fc1cccc(CN2CCN(c3ncn[nH]3)CC2)c1. The predicted molar refractivity (Wildman–Crippen MR) is 70.3 cm³/mol. The molecule has 0 bridgehead atoms. The number of aromatic amines is 1. The van der Waals surface area contributed by atoms with Gasteiger partial charge in [0.2, 0.25) is 5.95 Å². The second-order valence-corrected chi connectivity index (χ2v) is 4.70. The van der Waals surface area contributed by atoms with E-state index in [1.165, 1.54) is 12.4 Å². The van der Waals surface area contributed by atoms with Crippen LogP contribution < -0.4 is 4.90 Å². The Kier molecular flexibility index (Phi) is 3.41. The first-order chi connectivity index (χ1) is 9.31. The summed E-state index contributed by atoms with van der Waals surface area (Å²) in [4.78, 5) is 8.65. The zero-order valence-corrected chi connectivity index (χ0v) is 10.6. The van der Waals surface area contributed by atoms with Gasteiger partial charge >= 0.3 is 0 Å². The van der Waals surface area contributed by atoms with Crippen LogP contribution in [-0.4, -0.2) is 46.3 Å². The maximum Gasteiger partial charge on any atom is 0.221 e. The molecule has 1 aliphatic heterocycles. The fraction of sp³-hybridized carbons (Fsp3) is 0.385. The van der Waals surface area contributed by atoms with Gasteiger partial charge in [-0.3, -0.25) is 4.90 Å². The number of rotatable bonds is 3. The van der Waals surface area contributed by atoms with Crippen molar-refractivity contribution >= 4 is 5.95 Å². The molecule has 1 saturated heterocycles. The highest BCUT2D eigenvalue weighted by atomic mass is 19.1. The molecule has 3 rings (SSSR count). The number of H-pyrrole nitrogens is 1. The van der Waals surface area contributed by atoms with Gasteiger partial charge in [-0.2, -0.15) is 10.1 Å². The van der Waals surface area contributed by atoms with Crippen LogP contribution in [0.15, 0.2) is 30.6 Å². The standard InChI is InChI=1S/C13H16FN5/c14-12-3-1-2-11(8-12)9-18-4-6-19(7-5-18)13-15-10-16-17-13/h1-3,8,10H,4-7,9H2,(H,15,16,17). The zero-order valence-electron chi connectivity index (χ0n) is 10.6. The summed E-state index contributed by atoms with van der Waals surface area (Å²) in [5, 5.41) is 6.74. The van der Waals surface area contributed by atoms with E-state index in [1.54, 1.807) is 12.1 Å². The number of halogens is 1. The molecule has 1 aliphatic rings. The number of aromatic nitrogens is 3. The molecule has 1 fully saturated rings. The first-order valence-electron chi connectivity index (χ1n) is 6.38. The van der Waals surface area contributed by atoms with Crippen LogP contribution >= 0.6 is 0 Å². The Labute approximate surface area is 111 Å². The fourth-order valence-corrected chi connectivity index (χ4v) is 2.36. The lowest BCUT2D eigenvalue weighted by atomic mass is 10.2. The Balaban J connectivity index is 1.56. The highest BCUT2D eigenvalue weighted by Gasteiger charge is 2.18. The minimum atomic E-state index is -0.169. The molecule has 0 radical (unpaired) electrons. The summed E-state index contributed by atoms with van der Waals surface area (Å²) in [5.74, 6) is 0.656. The van der Waals surface area contributed by atoms with Crippen molar-refractivity contribution in [2.75, 3.05) is 31.1 Å². The molecule has 0 spiro atoms. The number of piperazine rings is 1. The minimum Gasteiger partial charge on any atom is -0.339 e. The molecular weight excluding hydrogens is 245 g/mol. The van der Waals surface area contributed by atoms with Gasteiger partial charge in [-0.15, -0.1) is 0 Å². The van der Waals surface area contributed by atoms with E-state index in [0.29, 0.717) is 0 Å². The van der Waals surface area contributed by atoms with Crippen molar-refractivity contribution in [3.8, 4) is 0 Å². The molecule has 19 heavy (non-hydrogen) atoms. The Morgan fingerprint density at radius 3 is 2.74 bits per heavy atom. The van der Waals surface area contributed by atoms with Crippen LogP contribution in [0.4, 0.5) is 10.3 Å². The van der Waals surface area contributed by atoms with E-state index < -0.39 is 0 Å². The summed E-state index contributed by atoms with van der Waals surface area (Å²) >= 11 is 0. The molecule has 6 heteroatoms. The van der Waals surface area contributed by atoms with Crippen molar-refractivity contribution in [1.29, 1.82) is 0 Å². The van der Waals surface area contributed by atoms with Crippen LogP contribution in [-0.2, 0) is 6.54 Å². The average molecular weight is 261 g/mol. The van der Waals surface area contributed by atoms with Gasteiger partial charge in [0, 0.05) is 32.7 Å². The summed E-state index contributed by atoms with van der Waals surface area (Å²) < 4.78 is 13.1. The molecule has 0 aliphatic carbocycles. The first kappa shape index (κ1) is 12.1. The topological polar surface area (TPSA) is 48.1 Å². The third-order valence-electron chi connectivity index (χ3n) is 3.37. The first-order valence-corrected chi connectivity index (χ1v) is 6.38. The molecule has 2 aromatic rings. The quantitative estimate of drug-likeness (QED) is 0.904. The van der Waals surface area contributed by atoms with Crippen LogP contribution in [0.25, 0.3) is 0 Å². The summed E-state index contributed by atoms with van der Waals surface area (Å²) in [6, 6.07) is 6.80. The van der Waals surface area contributed by atoms with Gasteiger partial charge in [0.05, 0.1) is 0 Å². The second kappa shape index (κ2) is 5.36. The molecule has 100 valence electrons.